The monoisotopic (exact) mass is 283 g/mol. The van der Waals surface area contributed by atoms with Crippen LogP contribution in [-0.2, 0) is 11.2 Å². The van der Waals surface area contributed by atoms with Crippen molar-refractivity contribution in [3.05, 3.63) is 71.3 Å². The van der Waals surface area contributed by atoms with Crippen molar-refractivity contribution in [1.82, 2.24) is 5.32 Å². The number of carboxylic acid groups (broad SMARTS) is 1. The molecule has 0 unspecified atom stereocenters. The van der Waals surface area contributed by atoms with E-state index in [0.29, 0.717) is 5.56 Å². The van der Waals surface area contributed by atoms with Gasteiger partial charge in [-0.25, -0.2) is 4.79 Å². The van der Waals surface area contributed by atoms with E-state index in [-0.39, 0.29) is 12.3 Å². The minimum absolute atomic E-state index is 0.258. The lowest BCUT2D eigenvalue weighted by molar-refractivity contribution is -0.139. The Bertz CT molecular complexity index is 620. The van der Waals surface area contributed by atoms with E-state index in [0.717, 1.165) is 11.1 Å². The smallest absolute Gasteiger partial charge is 0.326 e. The molecule has 0 heterocycles. The zero-order chi connectivity index (χ0) is 15.2. The van der Waals surface area contributed by atoms with Gasteiger partial charge in [0.05, 0.1) is 0 Å². The minimum Gasteiger partial charge on any atom is -0.480 e. The minimum atomic E-state index is -1.04. The first-order valence-electron chi connectivity index (χ1n) is 6.70. The van der Waals surface area contributed by atoms with E-state index >= 15 is 0 Å². The molecule has 0 bridgehead atoms. The van der Waals surface area contributed by atoms with Crippen molar-refractivity contribution in [3.8, 4) is 0 Å². The molecule has 108 valence electrons. The molecular weight excluding hydrogens is 266 g/mol. The molecule has 21 heavy (non-hydrogen) atoms. The molecule has 0 saturated heterocycles. The maximum Gasteiger partial charge on any atom is 0.326 e. The van der Waals surface area contributed by atoms with Crippen molar-refractivity contribution in [3.63, 3.8) is 0 Å². The van der Waals surface area contributed by atoms with Crippen LogP contribution in [0.5, 0.6) is 0 Å². The number of amides is 1. The van der Waals surface area contributed by atoms with Crippen LogP contribution < -0.4 is 5.32 Å². The van der Waals surface area contributed by atoms with Crippen LogP contribution in [0.25, 0.3) is 0 Å². The number of carbonyl (C=O) groups is 2. The lowest BCUT2D eigenvalue weighted by Crippen LogP contribution is -2.42. The molecule has 0 aliphatic heterocycles. The topological polar surface area (TPSA) is 66.4 Å². The van der Waals surface area contributed by atoms with E-state index in [1.165, 1.54) is 0 Å². The fourth-order valence-electron chi connectivity index (χ4n) is 2.00. The highest BCUT2D eigenvalue weighted by Crippen LogP contribution is 2.06. The standard InChI is InChI=1S/C17H17NO3/c1-12-7-9-14(10-8-12)16(19)18-15(17(20)21)11-13-5-3-2-4-6-13/h2-10,15H,11H2,1H3,(H,18,19)(H,20,21)/t15-/m1/s1. The zero-order valence-electron chi connectivity index (χ0n) is 11.7. The maximum absolute atomic E-state index is 12.1. The number of benzene rings is 2. The Morgan fingerprint density at radius 3 is 2.24 bits per heavy atom. The predicted octanol–water partition coefficient (Wildman–Crippen LogP) is 2.42. The Labute approximate surface area is 123 Å². The van der Waals surface area contributed by atoms with E-state index in [9.17, 15) is 14.7 Å². The fraction of sp³-hybridized carbons (Fsp3) is 0.176. The molecule has 0 spiro atoms. The maximum atomic E-state index is 12.1. The molecule has 2 N–H and O–H groups in total. The van der Waals surface area contributed by atoms with E-state index in [2.05, 4.69) is 5.32 Å². The van der Waals surface area contributed by atoms with Crippen molar-refractivity contribution in [1.29, 1.82) is 0 Å². The van der Waals surface area contributed by atoms with Crippen LogP contribution in [0.2, 0.25) is 0 Å². The summed E-state index contributed by atoms with van der Waals surface area (Å²) in [4.78, 5) is 23.4. The van der Waals surface area contributed by atoms with Crippen LogP contribution in [-0.4, -0.2) is 23.0 Å². The molecule has 0 aliphatic carbocycles. The Morgan fingerprint density at radius 2 is 1.67 bits per heavy atom. The summed E-state index contributed by atoms with van der Waals surface area (Å²) in [5.41, 5.74) is 2.37. The highest BCUT2D eigenvalue weighted by molar-refractivity contribution is 5.96. The van der Waals surface area contributed by atoms with E-state index in [1.807, 2.05) is 49.4 Å². The highest BCUT2D eigenvalue weighted by Gasteiger charge is 2.20. The first kappa shape index (κ1) is 14.8. The average Bonchev–Trinajstić information content (AvgIpc) is 2.48. The molecule has 0 saturated carbocycles. The van der Waals surface area contributed by atoms with Gasteiger partial charge in [-0.3, -0.25) is 4.79 Å². The first-order chi connectivity index (χ1) is 10.1. The molecule has 4 heteroatoms. The summed E-state index contributed by atoms with van der Waals surface area (Å²) in [5, 5.41) is 11.8. The van der Waals surface area contributed by atoms with E-state index in [4.69, 9.17) is 0 Å². The summed E-state index contributed by atoms with van der Waals surface area (Å²) in [6.07, 6.45) is 0.258. The van der Waals surface area contributed by atoms with Gasteiger partial charge in [0, 0.05) is 12.0 Å². The second kappa shape index (κ2) is 6.70. The summed E-state index contributed by atoms with van der Waals surface area (Å²) >= 11 is 0. The molecule has 1 atom stereocenters. The normalized spacial score (nSPS) is 11.7. The van der Waals surface area contributed by atoms with Crippen LogP contribution in [0, 0.1) is 6.92 Å². The number of carboxylic acids is 1. The Morgan fingerprint density at radius 1 is 1.05 bits per heavy atom. The summed E-state index contributed by atoms with van der Waals surface area (Å²) in [6, 6.07) is 15.3. The second-order valence-corrected chi connectivity index (χ2v) is 4.92. The molecule has 0 aliphatic rings. The van der Waals surface area contributed by atoms with Gasteiger partial charge in [-0.05, 0) is 24.6 Å². The third-order valence-corrected chi connectivity index (χ3v) is 3.20. The molecule has 2 rings (SSSR count). The van der Waals surface area contributed by atoms with Crippen LogP contribution in [0.15, 0.2) is 54.6 Å². The van der Waals surface area contributed by atoms with Crippen molar-refractivity contribution >= 4 is 11.9 Å². The molecule has 1 amide bonds. The Hall–Kier alpha value is -2.62. The SMILES string of the molecule is Cc1ccc(C(=O)N[C@H](Cc2ccccc2)C(=O)O)cc1. The second-order valence-electron chi connectivity index (χ2n) is 4.92. The van der Waals surface area contributed by atoms with Gasteiger partial charge < -0.3 is 10.4 Å². The zero-order valence-corrected chi connectivity index (χ0v) is 11.7. The third kappa shape index (κ3) is 4.18. The summed E-state index contributed by atoms with van der Waals surface area (Å²) in [5.74, 6) is -1.42. The van der Waals surface area contributed by atoms with Crippen LogP contribution in [0.4, 0.5) is 0 Å². The van der Waals surface area contributed by atoms with Crippen molar-refractivity contribution in [2.45, 2.75) is 19.4 Å². The van der Waals surface area contributed by atoms with Gasteiger partial charge >= 0.3 is 5.97 Å². The van der Waals surface area contributed by atoms with Gasteiger partial charge in [-0.2, -0.15) is 0 Å². The number of carbonyl (C=O) groups excluding carboxylic acids is 1. The predicted molar refractivity (Wildman–Crippen MR) is 80.2 cm³/mol. The number of aliphatic carboxylic acids is 1. The number of hydrogen-bond acceptors (Lipinski definition) is 2. The van der Waals surface area contributed by atoms with Crippen LogP contribution in [0.3, 0.4) is 0 Å². The van der Waals surface area contributed by atoms with Gasteiger partial charge in [0.1, 0.15) is 6.04 Å². The molecule has 0 fully saturated rings. The molecule has 0 aromatic heterocycles. The average molecular weight is 283 g/mol. The van der Waals surface area contributed by atoms with Crippen LogP contribution in [0.1, 0.15) is 21.5 Å². The summed E-state index contributed by atoms with van der Waals surface area (Å²) in [6.45, 7) is 1.93. The number of nitrogens with one attached hydrogen (secondary N) is 1. The van der Waals surface area contributed by atoms with Crippen molar-refractivity contribution < 1.29 is 14.7 Å². The van der Waals surface area contributed by atoms with Gasteiger partial charge in [0.15, 0.2) is 0 Å². The molecule has 4 nitrogen and oxygen atoms in total. The van der Waals surface area contributed by atoms with Gasteiger partial charge in [-0.1, -0.05) is 48.0 Å². The van der Waals surface area contributed by atoms with Gasteiger partial charge in [0.2, 0.25) is 0 Å². The summed E-state index contributed by atoms with van der Waals surface area (Å²) < 4.78 is 0. The van der Waals surface area contributed by atoms with Crippen molar-refractivity contribution in [2.75, 3.05) is 0 Å². The molecule has 2 aromatic carbocycles. The largest absolute Gasteiger partial charge is 0.480 e. The molecular formula is C17H17NO3. The van der Waals surface area contributed by atoms with Crippen molar-refractivity contribution in [2.24, 2.45) is 0 Å². The van der Waals surface area contributed by atoms with E-state index in [1.54, 1.807) is 12.1 Å². The van der Waals surface area contributed by atoms with Crippen LogP contribution >= 0.6 is 0 Å². The lowest BCUT2D eigenvalue weighted by atomic mass is 10.1. The third-order valence-electron chi connectivity index (χ3n) is 3.20. The van der Waals surface area contributed by atoms with E-state index < -0.39 is 12.0 Å². The number of rotatable bonds is 5. The Balaban J connectivity index is 2.07. The van der Waals surface area contributed by atoms with Gasteiger partial charge in [0.25, 0.3) is 5.91 Å². The number of aryl methyl sites for hydroxylation is 1. The molecule has 0 radical (unpaired) electrons. The number of hydrogen-bond donors (Lipinski definition) is 2. The summed E-state index contributed by atoms with van der Waals surface area (Å²) in [7, 11) is 0. The fourth-order valence-corrected chi connectivity index (χ4v) is 2.00. The highest BCUT2D eigenvalue weighted by atomic mass is 16.4. The quantitative estimate of drug-likeness (QED) is 0.885. The Kier molecular flexibility index (Phi) is 4.72. The molecule has 2 aromatic rings. The van der Waals surface area contributed by atoms with Gasteiger partial charge in [-0.15, -0.1) is 0 Å². The lowest BCUT2D eigenvalue weighted by Gasteiger charge is -2.14. The first-order valence-corrected chi connectivity index (χ1v) is 6.70.